The van der Waals surface area contributed by atoms with Crippen molar-refractivity contribution in [1.82, 2.24) is 4.90 Å². The van der Waals surface area contributed by atoms with E-state index in [1.807, 2.05) is 6.92 Å². The number of imide groups is 1. The number of nitrogens with one attached hydrogen (secondary N) is 1. The summed E-state index contributed by atoms with van der Waals surface area (Å²) in [5.74, 6) is -0.137. The summed E-state index contributed by atoms with van der Waals surface area (Å²) in [7, 11) is 1.51. The quantitative estimate of drug-likeness (QED) is 0.511. The normalized spacial score (nSPS) is 13.5. The van der Waals surface area contributed by atoms with Gasteiger partial charge in [0, 0.05) is 11.3 Å². The Hall–Kier alpha value is -4.13. The third kappa shape index (κ3) is 4.57. The van der Waals surface area contributed by atoms with Gasteiger partial charge in [-0.1, -0.05) is 30.3 Å². The number of rotatable bonds is 8. The summed E-state index contributed by atoms with van der Waals surface area (Å²) in [5, 5.41) is 3.11. The zero-order valence-corrected chi connectivity index (χ0v) is 18.3. The van der Waals surface area contributed by atoms with Crippen molar-refractivity contribution in [2.24, 2.45) is 0 Å². The highest BCUT2D eigenvalue weighted by Gasteiger charge is 2.40. The predicted molar refractivity (Wildman–Crippen MR) is 123 cm³/mol. The molecule has 0 radical (unpaired) electrons. The van der Waals surface area contributed by atoms with Crippen LogP contribution in [0.2, 0.25) is 0 Å². The first-order chi connectivity index (χ1) is 16.0. The Balaban J connectivity index is 1.73. The number of nitrogens with zero attached hydrogens (tertiary/aromatic N) is 1. The fourth-order valence-corrected chi connectivity index (χ4v) is 3.65. The predicted octanol–water partition coefficient (Wildman–Crippen LogP) is 4.63. The van der Waals surface area contributed by atoms with E-state index in [1.165, 1.54) is 19.2 Å². The summed E-state index contributed by atoms with van der Waals surface area (Å²) in [6.07, 6.45) is 0. The third-order valence-electron chi connectivity index (χ3n) is 5.23. The molecule has 0 aliphatic carbocycles. The van der Waals surface area contributed by atoms with E-state index in [0.29, 0.717) is 34.9 Å². The molecule has 3 aromatic rings. The number of benzene rings is 3. The van der Waals surface area contributed by atoms with E-state index in [4.69, 9.17) is 9.47 Å². The van der Waals surface area contributed by atoms with Gasteiger partial charge in [-0.3, -0.25) is 14.5 Å². The van der Waals surface area contributed by atoms with Gasteiger partial charge >= 0.3 is 0 Å². The summed E-state index contributed by atoms with van der Waals surface area (Å²) in [6, 6.07) is 19.9. The van der Waals surface area contributed by atoms with Gasteiger partial charge in [0.2, 0.25) is 0 Å². The average molecular weight is 446 g/mol. The molecule has 0 spiro atoms. The Labute approximate surface area is 191 Å². The Kier molecular flexibility index (Phi) is 6.40. The van der Waals surface area contributed by atoms with Gasteiger partial charge in [-0.2, -0.15) is 0 Å². The molecule has 0 saturated carbocycles. The molecular formula is C26H23FN2O4. The second kappa shape index (κ2) is 9.56. The van der Waals surface area contributed by atoms with Gasteiger partial charge in [0.1, 0.15) is 23.0 Å². The van der Waals surface area contributed by atoms with Gasteiger partial charge in [-0.05, 0) is 55.0 Å². The molecule has 1 aliphatic heterocycles. The van der Waals surface area contributed by atoms with Gasteiger partial charge < -0.3 is 14.8 Å². The Morgan fingerprint density at radius 3 is 2.27 bits per heavy atom. The SMILES string of the molecule is CCOc1ccc(NC2=C(c3ccccc3OC)C(=O)N(Cc3ccc(F)cc3)C2=O)cc1. The van der Waals surface area contributed by atoms with Gasteiger partial charge in [-0.15, -0.1) is 0 Å². The van der Waals surface area contributed by atoms with E-state index in [-0.39, 0.29) is 23.6 Å². The summed E-state index contributed by atoms with van der Waals surface area (Å²) in [6.45, 7) is 2.46. The number of amides is 2. The molecule has 0 bridgehead atoms. The molecule has 1 N–H and O–H groups in total. The average Bonchev–Trinajstić information content (AvgIpc) is 3.06. The van der Waals surface area contributed by atoms with Crippen LogP contribution in [-0.2, 0) is 16.1 Å². The van der Waals surface area contributed by atoms with Crippen LogP contribution in [-0.4, -0.2) is 30.4 Å². The molecule has 3 aromatic carbocycles. The lowest BCUT2D eigenvalue weighted by molar-refractivity contribution is -0.137. The van der Waals surface area contributed by atoms with Crippen LogP contribution >= 0.6 is 0 Å². The molecule has 7 heteroatoms. The van der Waals surface area contributed by atoms with Gasteiger partial charge in [0.15, 0.2) is 0 Å². The van der Waals surface area contributed by atoms with Crippen LogP contribution in [0, 0.1) is 5.82 Å². The molecule has 6 nitrogen and oxygen atoms in total. The molecule has 1 aliphatic rings. The number of ether oxygens (including phenoxy) is 2. The maximum Gasteiger partial charge on any atom is 0.278 e. The number of para-hydroxylation sites is 1. The lowest BCUT2D eigenvalue weighted by atomic mass is 10.0. The number of hydrogen-bond donors (Lipinski definition) is 1. The lowest BCUT2D eigenvalue weighted by Gasteiger charge is -2.15. The van der Waals surface area contributed by atoms with Crippen molar-refractivity contribution in [3.8, 4) is 11.5 Å². The number of carbonyl (C=O) groups is 2. The molecule has 0 unspecified atom stereocenters. The molecule has 2 amide bonds. The summed E-state index contributed by atoms with van der Waals surface area (Å²) < 4.78 is 24.2. The summed E-state index contributed by atoms with van der Waals surface area (Å²) in [4.78, 5) is 28.0. The van der Waals surface area contributed by atoms with Crippen molar-refractivity contribution in [2.45, 2.75) is 13.5 Å². The first kappa shape index (κ1) is 22.1. The smallest absolute Gasteiger partial charge is 0.278 e. The van der Waals surface area contributed by atoms with E-state index in [1.54, 1.807) is 60.7 Å². The number of halogens is 1. The molecule has 0 fully saturated rings. The zero-order valence-electron chi connectivity index (χ0n) is 18.3. The summed E-state index contributed by atoms with van der Waals surface area (Å²) in [5.41, 5.74) is 2.14. The van der Waals surface area contributed by atoms with Gasteiger partial charge in [0.05, 0.1) is 25.8 Å². The second-order valence-electron chi connectivity index (χ2n) is 7.36. The Morgan fingerprint density at radius 2 is 1.61 bits per heavy atom. The zero-order chi connectivity index (χ0) is 23.4. The number of carbonyl (C=O) groups excluding carboxylic acids is 2. The minimum absolute atomic E-state index is 0.0189. The maximum absolute atomic E-state index is 13.5. The molecule has 0 saturated heterocycles. The first-order valence-corrected chi connectivity index (χ1v) is 10.5. The molecular weight excluding hydrogens is 423 g/mol. The van der Waals surface area contributed by atoms with Crippen LogP contribution in [0.25, 0.3) is 5.57 Å². The third-order valence-corrected chi connectivity index (χ3v) is 5.23. The van der Waals surface area contributed by atoms with Gasteiger partial charge in [0.25, 0.3) is 11.8 Å². The van der Waals surface area contributed by atoms with Crippen molar-refractivity contribution < 1.29 is 23.5 Å². The van der Waals surface area contributed by atoms with Crippen LogP contribution in [0.5, 0.6) is 11.5 Å². The Morgan fingerprint density at radius 1 is 0.909 bits per heavy atom. The standard InChI is InChI=1S/C26H23FN2O4/c1-3-33-20-14-12-19(13-15-20)28-24-23(21-6-4-5-7-22(21)32-2)25(30)29(26(24)31)16-17-8-10-18(27)11-9-17/h4-15,28H,3,16H2,1-2H3. The van der Waals surface area contributed by atoms with Crippen LogP contribution in [0.15, 0.2) is 78.5 Å². The minimum atomic E-state index is -0.473. The second-order valence-corrected chi connectivity index (χ2v) is 7.36. The maximum atomic E-state index is 13.5. The Bertz CT molecular complexity index is 1200. The highest BCUT2D eigenvalue weighted by molar-refractivity contribution is 6.36. The fraction of sp³-hybridized carbons (Fsp3) is 0.154. The van der Waals surface area contributed by atoms with Crippen molar-refractivity contribution in [3.63, 3.8) is 0 Å². The van der Waals surface area contributed by atoms with E-state index >= 15 is 0 Å². The van der Waals surface area contributed by atoms with Crippen molar-refractivity contribution in [3.05, 3.63) is 95.4 Å². The minimum Gasteiger partial charge on any atom is -0.496 e. The largest absolute Gasteiger partial charge is 0.496 e. The van der Waals surface area contributed by atoms with Crippen LogP contribution in [0.1, 0.15) is 18.1 Å². The highest BCUT2D eigenvalue weighted by atomic mass is 19.1. The lowest BCUT2D eigenvalue weighted by Crippen LogP contribution is -2.32. The van der Waals surface area contributed by atoms with Crippen LogP contribution in [0.3, 0.4) is 0 Å². The number of hydrogen-bond acceptors (Lipinski definition) is 5. The van der Waals surface area contributed by atoms with E-state index in [0.717, 1.165) is 4.90 Å². The van der Waals surface area contributed by atoms with Crippen molar-refractivity contribution in [1.29, 1.82) is 0 Å². The fourth-order valence-electron chi connectivity index (χ4n) is 3.65. The number of anilines is 1. The molecule has 0 atom stereocenters. The van der Waals surface area contributed by atoms with Crippen LogP contribution in [0.4, 0.5) is 10.1 Å². The van der Waals surface area contributed by atoms with Crippen molar-refractivity contribution in [2.75, 3.05) is 19.0 Å². The molecule has 4 rings (SSSR count). The van der Waals surface area contributed by atoms with E-state index in [9.17, 15) is 14.0 Å². The molecule has 1 heterocycles. The van der Waals surface area contributed by atoms with E-state index < -0.39 is 11.8 Å². The van der Waals surface area contributed by atoms with Gasteiger partial charge in [-0.25, -0.2) is 4.39 Å². The monoisotopic (exact) mass is 446 g/mol. The topological polar surface area (TPSA) is 67.9 Å². The van der Waals surface area contributed by atoms with Crippen molar-refractivity contribution >= 4 is 23.1 Å². The first-order valence-electron chi connectivity index (χ1n) is 10.5. The molecule has 168 valence electrons. The number of methoxy groups -OCH3 is 1. The highest BCUT2D eigenvalue weighted by Crippen LogP contribution is 2.36. The summed E-state index contributed by atoms with van der Waals surface area (Å²) >= 11 is 0. The van der Waals surface area contributed by atoms with Crippen LogP contribution < -0.4 is 14.8 Å². The molecule has 33 heavy (non-hydrogen) atoms. The van der Waals surface area contributed by atoms with E-state index in [2.05, 4.69) is 5.32 Å². The molecule has 0 aromatic heterocycles.